The summed E-state index contributed by atoms with van der Waals surface area (Å²) < 4.78 is 0. The molecule has 1 unspecified atom stereocenters. The lowest BCUT2D eigenvalue weighted by Crippen LogP contribution is -2.50. The normalized spacial score (nSPS) is 26.7. The van der Waals surface area contributed by atoms with Crippen LogP contribution in [-0.4, -0.2) is 33.8 Å². The zero-order chi connectivity index (χ0) is 19.4. The van der Waals surface area contributed by atoms with Gasteiger partial charge in [0.05, 0.1) is 5.92 Å². The molecule has 0 heterocycles. The fourth-order valence-corrected chi connectivity index (χ4v) is 3.42. The molecule has 1 fully saturated rings. The molecule has 5 nitrogen and oxygen atoms in total. The lowest BCUT2D eigenvalue weighted by atomic mass is 9.79. The Morgan fingerprint density at radius 1 is 1.04 bits per heavy atom. The Morgan fingerprint density at radius 3 is 2.08 bits per heavy atom. The largest absolute Gasteiger partial charge is 0.374 e. The van der Waals surface area contributed by atoms with Crippen LogP contribution >= 0.6 is 0 Å². The number of ketones is 4. The third-order valence-corrected chi connectivity index (χ3v) is 5.00. The monoisotopic (exact) mass is 352 g/mol. The van der Waals surface area contributed by atoms with E-state index in [9.17, 15) is 24.3 Å². The average Bonchev–Trinajstić information content (AvgIpc) is 2.70. The van der Waals surface area contributed by atoms with Crippen LogP contribution in [0.2, 0.25) is 0 Å². The number of aliphatic hydroxyl groups is 1. The highest BCUT2D eigenvalue weighted by Gasteiger charge is 2.64. The Hall–Kier alpha value is -1.36. The summed E-state index contributed by atoms with van der Waals surface area (Å²) in [6, 6.07) is 0. The van der Waals surface area contributed by atoms with Gasteiger partial charge in [-0.3, -0.25) is 19.2 Å². The molecule has 0 radical (unpaired) electrons. The third kappa shape index (κ3) is 4.63. The zero-order valence-corrected chi connectivity index (χ0v) is 16.1. The molecule has 1 saturated carbocycles. The number of hydrogen-bond acceptors (Lipinski definition) is 5. The van der Waals surface area contributed by atoms with Crippen molar-refractivity contribution in [2.75, 3.05) is 0 Å². The molecule has 142 valence electrons. The SMILES string of the molecule is CCCC(=O)C1C(=O)[C@@H](CCC(C)C)[C@](O)(C(=O)CCC(C)C)C1=O. The van der Waals surface area contributed by atoms with Crippen LogP contribution in [0.4, 0.5) is 0 Å². The van der Waals surface area contributed by atoms with Gasteiger partial charge in [-0.05, 0) is 31.1 Å². The summed E-state index contributed by atoms with van der Waals surface area (Å²) in [4.78, 5) is 50.5. The van der Waals surface area contributed by atoms with Crippen molar-refractivity contribution in [2.45, 2.75) is 78.7 Å². The van der Waals surface area contributed by atoms with Gasteiger partial charge in [0, 0.05) is 12.8 Å². The molecule has 0 amide bonds. The molecule has 1 rings (SSSR count). The van der Waals surface area contributed by atoms with E-state index in [0.29, 0.717) is 19.3 Å². The van der Waals surface area contributed by atoms with E-state index in [1.165, 1.54) is 0 Å². The first kappa shape index (κ1) is 21.7. The highest BCUT2D eigenvalue weighted by Crippen LogP contribution is 2.40. The molecule has 0 aromatic heterocycles. The molecule has 0 spiro atoms. The van der Waals surface area contributed by atoms with E-state index in [4.69, 9.17) is 0 Å². The van der Waals surface area contributed by atoms with Crippen molar-refractivity contribution in [1.82, 2.24) is 0 Å². The zero-order valence-electron chi connectivity index (χ0n) is 16.1. The Kier molecular flexibility index (Phi) is 7.66. The lowest BCUT2D eigenvalue weighted by molar-refractivity contribution is -0.154. The third-order valence-electron chi connectivity index (χ3n) is 5.00. The number of carbonyl (C=O) groups is 4. The summed E-state index contributed by atoms with van der Waals surface area (Å²) in [6.45, 7) is 9.63. The lowest BCUT2D eigenvalue weighted by Gasteiger charge is -2.26. The van der Waals surface area contributed by atoms with Crippen molar-refractivity contribution in [3.63, 3.8) is 0 Å². The van der Waals surface area contributed by atoms with E-state index < -0.39 is 40.6 Å². The summed E-state index contributed by atoms with van der Waals surface area (Å²) in [5.74, 6) is -4.59. The maximum absolute atomic E-state index is 12.8. The predicted molar refractivity (Wildman–Crippen MR) is 95.0 cm³/mol. The minimum atomic E-state index is -2.32. The van der Waals surface area contributed by atoms with Crippen LogP contribution in [-0.2, 0) is 19.2 Å². The van der Waals surface area contributed by atoms with E-state index >= 15 is 0 Å². The maximum atomic E-state index is 12.8. The molecule has 1 N–H and O–H groups in total. The van der Waals surface area contributed by atoms with Gasteiger partial charge in [0.25, 0.3) is 0 Å². The van der Waals surface area contributed by atoms with E-state index in [0.717, 1.165) is 0 Å². The molecule has 0 aromatic rings. The highest BCUT2D eigenvalue weighted by molar-refractivity contribution is 6.33. The minimum Gasteiger partial charge on any atom is -0.374 e. The van der Waals surface area contributed by atoms with Gasteiger partial charge >= 0.3 is 0 Å². The van der Waals surface area contributed by atoms with Gasteiger partial charge in [-0.1, -0.05) is 41.0 Å². The van der Waals surface area contributed by atoms with Crippen molar-refractivity contribution in [1.29, 1.82) is 0 Å². The Labute approximate surface area is 150 Å². The van der Waals surface area contributed by atoms with Crippen LogP contribution in [0.25, 0.3) is 0 Å². The second kappa shape index (κ2) is 8.84. The van der Waals surface area contributed by atoms with Crippen LogP contribution in [0.15, 0.2) is 0 Å². The van der Waals surface area contributed by atoms with Crippen LogP contribution in [0, 0.1) is 23.7 Å². The topological polar surface area (TPSA) is 88.5 Å². The molecule has 0 aromatic carbocycles. The van der Waals surface area contributed by atoms with E-state index in [1.807, 2.05) is 27.7 Å². The summed E-state index contributed by atoms with van der Waals surface area (Å²) in [6.07, 6.45) is 2.06. The van der Waals surface area contributed by atoms with Crippen LogP contribution in [0.5, 0.6) is 0 Å². The van der Waals surface area contributed by atoms with Crippen LogP contribution in [0.3, 0.4) is 0 Å². The molecule has 5 heteroatoms. The Bertz CT molecular complexity index is 534. The van der Waals surface area contributed by atoms with Gasteiger partial charge in [0.15, 0.2) is 28.7 Å². The highest BCUT2D eigenvalue weighted by atomic mass is 16.3. The molecular weight excluding hydrogens is 320 g/mol. The van der Waals surface area contributed by atoms with Gasteiger partial charge in [-0.25, -0.2) is 0 Å². The first-order valence-electron chi connectivity index (χ1n) is 9.43. The smallest absolute Gasteiger partial charge is 0.192 e. The maximum Gasteiger partial charge on any atom is 0.192 e. The quantitative estimate of drug-likeness (QED) is 0.611. The minimum absolute atomic E-state index is 0.0417. The number of hydrogen-bond donors (Lipinski definition) is 1. The van der Waals surface area contributed by atoms with E-state index in [1.54, 1.807) is 6.92 Å². The van der Waals surface area contributed by atoms with Crippen molar-refractivity contribution in [3.8, 4) is 0 Å². The number of carbonyl (C=O) groups excluding carboxylic acids is 4. The molecule has 0 aliphatic heterocycles. The summed E-state index contributed by atoms with van der Waals surface area (Å²) in [5.41, 5.74) is -2.32. The van der Waals surface area contributed by atoms with Crippen LogP contribution in [0.1, 0.15) is 73.1 Å². The molecule has 0 saturated heterocycles. The second-order valence-electron chi connectivity index (χ2n) is 8.06. The average molecular weight is 352 g/mol. The van der Waals surface area contributed by atoms with E-state index in [2.05, 4.69) is 0 Å². The first-order valence-corrected chi connectivity index (χ1v) is 9.43. The van der Waals surface area contributed by atoms with Gasteiger partial charge in [-0.15, -0.1) is 0 Å². The summed E-state index contributed by atoms with van der Waals surface area (Å²) >= 11 is 0. The number of rotatable bonds is 10. The van der Waals surface area contributed by atoms with Crippen molar-refractivity contribution >= 4 is 23.1 Å². The standard InChI is InChI=1S/C20H32O5/c1-6-7-15(21)17-18(23)14(10-8-12(2)3)20(25,19(17)24)16(22)11-9-13(4)5/h12-14,17,25H,6-11H2,1-5H3/t14-,17?,20+/m1/s1. The molecule has 3 atom stereocenters. The van der Waals surface area contributed by atoms with Gasteiger partial charge in [0.2, 0.25) is 0 Å². The molecule has 1 aliphatic carbocycles. The fraction of sp³-hybridized carbons (Fsp3) is 0.800. The van der Waals surface area contributed by atoms with E-state index in [-0.39, 0.29) is 31.1 Å². The molecule has 0 bridgehead atoms. The Morgan fingerprint density at radius 2 is 1.60 bits per heavy atom. The predicted octanol–water partition coefficient (Wildman–Crippen LogP) is 2.91. The molecular formula is C20H32O5. The van der Waals surface area contributed by atoms with Gasteiger partial charge < -0.3 is 5.11 Å². The molecule has 25 heavy (non-hydrogen) atoms. The second-order valence-corrected chi connectivity index (χ2v) is 8.06. The van der Waals surface area contributed by atoms with Gasteiger partial charge in [-0.2, -0.15) is 0 Å². The summed E-state index contributed by atoms with van der Waals surface area (Å²) in [7, 11) is 0. The summed E-state index contributed by atoms with van der Waals surface area (Å²) in [5, 5.41) is 11.0. The number of Topliss-reactive ketones (excluding diaryl/α,β-unsaturated/α-hetero) is 4. The fourth-order valence-electron chi connectivity index (χ4n) is 3.42. The molecule has 1 aliphatic rings. The Balaban J connectivity index is 3.18. The van der Waals surface area contributed by atoms with Crippen molar-refractivity contribution in [2.24, 2.45) is 23.7 Å². The van der Waals surface area contributed by atoms with Crippen molar-refractivity contribution < 1.29 is 24.3 Å². The van der Waals surface area contributed by atoms with Gasteiger partial charge in [0.1, 0.15) is 5.92 Å². The first-order chi connectivity index (χ1) is 11.6. The van der Waals surface area contributed by atoms with Crippen molar-refractivity contribution in [3.05, 3.63) is 0 Å². The van der Waals surface area contributed by atoms with Crippen LogP contribution < -0.4 is 0 Å².